The van der Waals surface area contributed by atoms with Gasteiger partial charge in [-0.25, -0.2) is 0 Å². The van der Waals surface area contributed by atoms with E-state index in [-0.39, 0.29) is 5.91 Å². The molecular weight excluding hydrogens is 188 g/mol. The third-order valence-electron chi connectivity index (χ3n) is 2.89. The van der Waals surface area contributed by atoms with E-state index in [0.29, 0.717) is 12.6 Å². The molecule has 0 aromatic rings. The number of carbonyl (C=O) groups is 1. The minimum Gasteiger partial charge on any atom is -0.352 e. The van der Waals surface area contributed by atoms with Crippen molar-refractivity contribution in [1.82, 2.24) is 10.6 Å². The summed E-state index contributed by atoms with van der Waals surface area (Å²) in [5.74, 6) is 1.04. The largest absolute Gasteiger partial charge is 0.352 e. The summed E-state index contributed by atoms with van der Waals surface area (Å²) in [7, 11) is 0. The Morgan fingerprint density at radius 1 is 1.40 bits per heavy atom. The number of rotatable bonds is 8. The molecule has 0 saturated heterocycles. The Bertz CT molecular complexity index is 190. The molecule has 88 valence electrons. The molecule has 1 aliphatic rings. The standard InChI is InChI=1S/C12H24N2O/c1-3-7-13-9-12(15)14-11(4-2)8-10-5-6-10/h10-11,13H,3-9H2,1-2H3,(H,14,15). The molecule has 0 radical (unpaired) electrons. The molecule has 1 saturated carbocycles. The second-order valence-corrected chi connectivity index (χ2v) is 4.53. The van der Waals surface area contributed by atoms with Crippen LogP contribution in [0.5, 0.6) is 0 Å². The van der Waals surface area contributed by atoms with Gasteiger partial charge in [0.2, 0.25) is 5.91 Å². The van der Waals surface area contributed by atoms with Gasteiger partial charge >= 0.3 is 0 Å². The van der Waals surface area contributed by atoms with Crippen molar-refractivity contribution < 1.29 is 4.79 Å². The molecule has 3 nitrogen and oxygen atoms in total. The van der Waals surface area contributed by atoms with E-state index in [1.807, 2.05) is 0 Å². The van der Waals surface area contributed by atoms with E-state index in [4.69, 9.17) is 0 Å². The van der Waals surface area contributed by atoms with Gasteiger partial charge in [-0.2, -0.15) is 0 Å². The van der Waals surface area contributed by atoms with Crippen LogP contribution in [0, 0.1) is 5.92 Å². The first-order valence-electron chi connectivity index (χ1n) is 6.26. The monoisotopic (exact) mass is 212 g/mol. The topological polar surface area (TPSA) is 41.1 Å². The average Bonchev–Trinajstić information content (AvgIpc) is 3.01. The fraction of sp³-hybridized carbons (Fsp3) is 0.917. The zero-order valence-electron chi connectivity index (χ0n) is 10.0. The summed E-state index contributed by atoms with van der Waals surface area (Å²) >= 11 is 0. The van der Waals surface area contributed by atoms with E-state index >= 15 is 0 Å². The quantitative estimate of drug-likeness (QED) is 0.601. The lowest BCUT2D eigenvalue weighted by Crippen LogP contribution is -2.40. The Morgan fingerprint density at radius 2 is 2.13 bits per heavy atom. The van der Waals surface area contributed by atoms with Crippen molar-refractivity contribution in [2.45, 2.75) is 52.0 Å². The Kier molecular flexibility index (Phi) is 5.69. The average molecular weight is 212 g/mol. The summed E-state index contributed by atoms with van der Waals surface area (Å²) in [6, 6.07) is 0.397. The number of hydrogen-bond donors (Lipinski definition) is 2. The van der Waals surface area contributed by atoms with Gasteiger partial charge in [-0.1, -0.05) is 26.7 Å². The van der Waals surface area contributed by atoms with Crippen LogP contribution in [0.15, 0.2) is 0 Å². The summed E-state index contributed by atoms with van der Waals surface area (Å²) in [6.07, 6.45) is 6.03. The van der Waals surface area contributed by atoms with Crippen molar-refractivity contribution in [1.29, 1.82) is 0 Å². The lowest BCUT2D eigenvalue weighted by molar-refractivity contribution is -0.121. The molecule has 1 fully saturated rings. The summed E-state index contributed by atoms with van der Waals surface area (Å²) in [5, 5.41) is 6.22. The van der Waals surface area contributed by atoms with Crippen LogP contribution in [0.25, 0.3) is 0 Å². The number of hydrogen-bond acceptors (Lipinski definition) is 2. The Morgan fingerprint density at radius 3 is 2.67 bits per heavy atom. The highest BCUT2D eigenvalue weighted by atomic mass is 16.1. The molecule has 1 aliphatic carbocycles. The molecule has 0 spiro atoms. The summed E-state index contributed by atoms with van der Waals surface area (Å²) < 4.78 is 0. The van der Waals surface area contributed by atoms with Gasteiger partial charge in [-0.3, -0.25) is 4.79 Å². The molecule has 1 atom stereocenters. The number of nitrogens with one attached hydrogen (secondary N) is 2. The maximum atomic E-state index is 11.5. The first kappa shape index (κ1) is 12.5. The third kappa shape index (κ3) is 5.78. The minimum absolute atomic E-state index is 0.149. The minimum atomic E-state index is 0.149. The lowest BCUT2D eigenvalue weighted by atomic mass is 10.1. The van der Waals surface area contributed by atoms with Crippen molar-refractivity contribution >= 4 is 5.91 Å². The van der Waals surface area contributed by atoms with Gasteiger partial charge < -0.3 is 10.6 Å². The van der Waals surface area contributed by atoms with Crippen LogP contribution in [0.2, 0.25) is 0 Å². The van der Waals surface area contributed by atoms with Gasteiger partial charge in [0.25, 0.3) is 0 Å². The van der Waals surface area contributed by atoms with Gasteiger partial charge in [0.15, 0.2) is 0 Å². The predicted molar refractivity (Wildman–Crippen MR) is 62.7 cm³/mol. The van der Waals surface area contributed by atoms with Crippen LogP contribution >= 0.6 is 0 Å². The Hall–Kier alpha value is -0.570. The van der Waals surface area contributed by atoms with Gasteiger partial charge in [-0.15, -0.1) is 0 Å². The van der Waals surface area contributed by atoms with Gasteiger partial charge in [0, 0.05) is 6.04 Å². The molecule has 1 unspecified atom stereocenters. The molecule has 3 heteroatoms. The summed E-state index contributed by atoms with van der Waals surface area (Å²) in [4.78, 5) is 11.5. The van der Waals surface area contributed by atoms with Crippen LogP contribution < -0.4 is 10.6 Å². The maximum absolute atomic E-state index is 11.5. The van der Waals surface area contributed by atoms with E-state index in [0.717, 1.165) is 25.3 Å². The van der Waals surface area contributed by atoms with Gasteiger partial charge in [0.05, 0.1) is 6.54 Å². The van der Waals surface area contributed by atoms with Gasteiger partial charge in [0.1, 0.15) is 0 Å². The van der Waals surface area contributed by atoms with E-state index in [1.165, 1.54) is 19.3 Å². The fourth-order valence-corrected chi connectivity index (χ4v) is 1.74. The fourth-order valence-electron chi connectivity index (χ4n) is 1.74. The zero-order valence-corrected chi connectivity index (χ0v) is 10.0. The SMILES string of the molecule is CCCNCC(=O)NC(CC)CC1CC1. The second-order valence-electron chi connectivity index (χ2n) is 4.53. The Labute approximate surface area is 93.0 Å². The predicted octanol–water partition coefficient (Wildman–Crippen LogP) is 1.68. The molecule has 15 heavy (non-hydrogen) atoms. The van der Waals surface area contributed by atoms with Crippen molar-refractivity contribution in [3.63, 3.8) is 0 Å². The van der Waals surface area contributed by atoms with Crippen molar-refractivity contribution in [3.05, 3.63) is 0 Å². The lowest BCUT2D eigenvalue weighted by Gasteiger charge is -2.16. The molecule has 0 aromatic heterocycles. The number of amides is 1. The second kappa shape index (κ2) is 6.83. The zero-order chi connectivity index (χ0) is 11.1. The smallest absolute Gasteiger partial charge is 0.234 e. The highest BCUT2D eigenvalue weighted by Crippen LogP contribution is 2.33. The van der Waals surface area contributed by atoms with Crippen molar-refractivity contribution in [3.8, 4) is 0 Å². The summed E-state index contributed by atoms with van der Waals surface area (Å²) in [5.41, 5.74) is 0. The van der Waals surface area contributed by atoms with Crippen molar-refractivity contribution in [2.75, 3.05) is 13.1 Å². The highest BCUT2D eigenvalue weighted by Gasteiger charge is 2.25. The molecular formula is C12H24N2O. The molecule has 0 heterocycles. The van der Waals surface area contributed by atoms with E-state index in [9.17, 15) is 4.79 Å². The van der Waals surface area contributed by atoms with Crippen LogP contribution in [0.4, 0.5) is 0 Å². The number of carbonyl (C=O) groups excluding carboxylic acids is 1. The normalized spacial score (nSPS) is 17.5. The van der Waals surface area contributed by atoms with Crippen LogP contribution in [0.1, 0.15) is 46.0 Å². The molecule has 0 aliphatic heterocycles. The molecule has 1 rings (SSSR count). The highest BCUT2D eigenvalue weighted by molar-refractivity contribution is 5.78. The molecule has 1 amide bonds. The van der Waals surface area contributed by atoms with Crippen LogP contribution in [-0.2, 0) is 4.79 Å². The van der Waals surface area contributed by atoms with Crippen LogP contribution in [-0.4, -0.2) is 25.0 Å². The first-order chi connectivity index (χ1) is 7.26. The van der Waals surface area contributed by atoms with E-state index in [1.54, 1.807) is 0 Å². The summed E-state index contributed by atoms with van der Waals surface area (Å²) in [6.45, 7) is 5.64. The Balaban J connectivity index is 2.09. The maximum Gasteiger partial charge on any atom is 0.234 e. The van der Waals surface area contributed by atoms with E-state index < -0.39 is 0 Å². The van der Waals surface area contributed by atoms with Crippen LogP contribution in [0.3, 0.4) is 0 Å². The van der Waals surface area contributed by atoms with E-state index in [2.05, 4.69) is 24.5 Å². The molecule has 0 bridgehead atoms. The van der Waals surface area contributed by atoms with Gasteiger partial charge in [-0.05, 0) is 31.7 Å². The first-order valence-corrected chi connectivity index (χ1v) is 6.26. The van der Waals surface area contributed by atoms with Crippen molar-refractivity contribution in [2.24, 2.45) is 5.92 Å². The molecule has 2 N–H and O–H groups in total. The third-order valence-corrected chi connectivity index (χ3v) is 2.89. The molecule has 0 aromatic carbocycles.